The third kappa shape index (κ3) is 2.58. The van der Waals surface area contributed by atoms with E-state index in [4.69, 9.17) is 5.73 Å². The first-order chi connectivity index (χ1) is 6.54. The lowest BCUT2D eigenvalue weighted by Crippen LogP contribution is -2.02. The monoisotopic (exact) mass is 255 g/mol. The molecule has 0 saturated heterocycles. The third-order valence-electron chi connectivity index (χ3n) is 2.10. The van der Waals surface area contributed by atoms with Gasteiger partial charge in [0.05, 0.1) is 4.83 Å². The molecule has 0 heterocycles. The van der Waals surface area contributed by atoms with Gasteiger partial charge in [0.15, 0.2) is 0 Å². The molecule has 3 heteroatoms. The number of anilines is 1. The molecule has 1 unspecified atom stereocenters. The Labute approximate surface area is 92.6 Å². The fourth-order valence-corrected chi connectivity index (χ4v) is 1.60. The van der Waals surface area contributed by atoms with Gasteiger partial charge in [0.2, 0.25) is 0 Å². The Morgan fingerprint density at radius 1 is 1.50 bits per heavy atom. The van der Waals surface area contributed by atoms with Crippen molar-refractivity contribution < 1.29 is 4.79 Å². The van der Waals surface area contributed by atoms with Crippen LogP contribution in [0.3, 0.4) is 0 Å². The summed E-state index contributed by atoms with van der Waals surface area (Å²) < 4.78 is 0. The van der Waals surface area contributed by atoms with Crippen LogP contribution in [0.5, 0.6) is 0 Å². The van der Waals surface area contributed by atoms with E-state index < -0.39 is 0 Å². The summed E-state index contributed by atoms with van der Waals surface area (Å²) >= 11 is 3.34. The van der Waals surface area contributed by atoms with Gasteiger partial charge >= 0.3 is 0 Å². The summed E-state index contributed by atoms with van der Waals surface area (Å²) in [5, 5.41) is 0. The molecule has 1 aromatic carbocycles. The predicted octanol–water partition coefficient (Wildman–Crippen LogP) is 2.86. The summed E-state index contributed by atoms with van der Waals surface area (Å²) in [6.07, 6.45) is 0.926. The number of halogens is 1. The normalized spacial score (nSPS) is 12.5. The zero-order valence-electron chi connectivity index (χ0n) is 8.38. The number of ketones is 1. The smallest absolute Gasteiger partial charge is 0.147 e. The van der Waals surface area contributed by atoms with Crippen molar-refractivity contribution in [3.63, 3.8) is 0 Å². The average molecular weight is 256 g/mol. The SMILES string of the molecule is CCc1cc(N)cc(C(Br)C(C)=O)c1. The molecule has 0 amide bonds. The van der Waals surface area contributed by atoms with E-state index in [2.05, 4.69) is 22.9 Å². The number of carbonyl (C=O) groups excluding carboxylic acids is 1. The minimum absolute atomic E-state index is 0.0950. The zero-order chi connectivity index (χ0) is 10.7. The van der Waals surface area contributed by atoms with E-state index in [9.17, 15) is 4.79 Å². The van der Waals surface area contributed by atoms with Gasteiger partial charge in [0, 0.05) is 5.69 Å². The largest absolute Gasteiger partial charge is 0.399 e. The first-order valence-corrected chi connectivity index (χ1v) is 5.50. The fourth-order valence-electron chi connectivity index (χ4n) is 1.33. The minimum atomic E-state index is -0.240. The predicted molar refractivity (Wildman–Crippen MR) is 62.6 cm³/mol. The molecule has 0 radical (unpaired) electrons. The van der Waals surface area contributed by atoms with E-state index >= 15 is 0 Å². The van der Waals surface area contributed by atoms with Crippen molar-refractivity contribution in [3.8, 4) is 0 Å². The topological polar surface area (TPSA) is 43.1 Å². The van der Waals surface area contributed by atoms with Crippen molar-refractivity contribution in [1.29, 1.82) is 0 Å². The van der Waals surface area contributed by atoms with E-state index in [0.717, 1.165) is 17.5 Å². The van der Waals surface area contributed by atoms with E-state index in [0.29, 0.717) is 5.69 Å². The lowest BCUT2D eigenvalue weighted by Gasteiger charge is -2.09. The molecule has 1 aromatic rings. The number of Topliss-reactive ketones (excluding diaryl/α,β-unsaturated/α-hetero) is 1. The van der Waals surface area contributed by atoms with E-state index in [1.54, 1.807) is 6.92 Å². The van der Waals surface area contributed by atoms with Crippen LogP contribution in [0.4, 0.5) is 5.69 Å². The van der Waals surface area contributed by atoms with Crippen LogP contribution >= 0.6 is 15.9 Å². The van der Waals surface area contributed by atoms with Crippen molar-refractivity contribution in [2.45, 2.75) is 25.1 Å². The minimum Gasteiger partial charge on any atom is -0.399 e. The highest BCUT2D eigenvalue weighted by Gasteiger charge is 2.13. The highest BCUT2D eigenvalue weighted by Crippen LogP contribution is 2.26. The molecule has 2 nitrogen and oxygen atoms in total. The van der Waals surface area contributed by atoms with Crippen molar-refractivity contribution in [3.05, 3.63) is 29.3 Å². The van der Waals surface area contributed by atoms with Crippen LogP contribution in [0, 0.1) is 0 Å². The molecule has 0 aliphatic heterocycles. The molecule has 14 heavy (non-hydrogen) atoms. The Morgan fingerprint density at radius 3 is 2.64 bits per heavy atom. The van der Waals surface area contributed by atoms with Gasteiger partial charge in [-0.25, -0.2) is 0 Å². The van der Waals surface area contributed by atoms with Crippen molar-refractivity contribution in [2.24, 2.45) is 0 Å². The summed E-state index contributed by atoms with van der Waals surface area (Å²) in [6.45, 7) is 3.63. The molecule has 0 saturated carbocycles. The standard InChI is InChI=1S/C11H14BrNO/c1-3-8-4-9(6-10(13)5-8)11(12)7(2)14/h4-6,11H,3,13H2,1-2H3. The van der Waals surface area contributed by atoms with E-state index in [-0.39, 0.29) is 10.6 Å². The van der Waals surface area contributed by atoms with Crippen LogP contribution in [0.15, 0.2) is 18.2 Å². The zero-order valence-corrected chi connectivity index (χ0v) is 9.97. The van der Waals surface area contributed by atoms with Crippen LogP contribution in [-0.2, 0) is 11.2 Å². The number of carbonyl (C=O) groups is 1. The maximum absolute atomic E-state index is 11.2. The molecule has 0 aliphatic rings. The second-order valence-electron chi connectivity index (χ2n) is 3.33. The van der Waals surface area contributed by atoms with Gasteiger partial charge in [-0.05, 0) is 36.6 Å². The fraction of sp³-hybridized carbons (Fsp3) is 0.364. The van der Waals surface area contributed by atoms with Gasteiger partial charge in [-0.3, -0.25) is 4.79 Å². The number of aryl methyl sites for hydroxylation is 1. The van der Waals surface area contributed by atoms with Crippen LogP contribution in [0.25, 0.3) is 0 Å². The molecule has 0 fully saturated rings. The number of nitrogen functional groups attached to an aromatic ring is 1. The Morgan fingerprint density at radius 2 is 2.14 bits per heavy atom. The second-order valence-corrected chi connectivity index (χ2v) is 4.25. The summed E-state index contributed by atoms with van der Waals surface area (Å²) in [5.41, 5.74) is 8.55. The highest BCUT2D eigenvalue weighted by atomic mass is 79.9. The number of rotatable bonds is 3. The quantitative estimate of drug-likeness (QED) is 0.667. The van der Waals surface area contributed by atoms with Gasteiger partial charge in [-0.1, -0.05) is 28.9 Å². The summed E-state index contributed by atoms with van der Waals surface area (Å²) in [5.74, 6) is 0.0950. The van der Waals surface area contributed by atoms with Gasteiger partial charge in [0.1, 0.15) is 5.78 Å². The number of benzene rings is 1. The number of alkyl halides is 1. The molecule has 76 valence electrons. The Bertz CT molecular complexity index is 349. The highest BCUT2D eigenvalue weighted by molar-refractivity contribution is 9.09. The number of hydrogen-bond donors (Lipinski definition) is 1. The maximum atomic E-state index is 11.2. The van der Waals surface area contributed by atoms with Crippen LogP contribution < -0.4 is 5.73 Å². The summed E-state index contributed by atoms with van der Waals surface area (Å²) in [4.78, 5) is 10.9. The Kier molecular flexibility index (Phi) is 3.69. The van der Waals surface area contributed by atoms with E-state index in [1.165, 1.54) is 0 Å². The molecular formula is C11H14BrNO. The third-order valence-corrected chi connectivity index (χ3v) is 3.27. The molecule has 0 spiro atoms. The molecule has 0 bridgehead atoms. The Hall–Kier alpha value is -0.830. The van der Waals surface area contributed by atoms with Gasteiger partial charge < -0.3 is 5.73 Å². The summed E-state index contributed by atoms with van der Waals surface area (Å²) in [7, 11) is 0. The molecule has 0 aromatic heterocycles. The van der Waals surface area contributed by atoms with Crippen molar-refractivity contribution >= 4 is 27.4 Å². The number of nitrogens with two attached hydrogens (primary N) is 1. The first-order valence-electron chi connectivity index (χ1n) is 4.58. The first kappa shape index (κ1) is 11.2. The van der Waals surface area contributed by atoms with E-state index in [1.807, 2.05) is 18.2 Å². The van der Waals surface area contributed by atoms with Gasteiger partial charge in [-0.2, -0.15) is 0 Å². The number of hydrogen-bond acceptors (Lipinski definition) is 2. The molecule has 1 atom stereocenters. The lowest BCUT2D eigenvalue weighted by atomic mass is 10.0. The summed E-state index contributed by atoms with van der Waals surface area (Å²) in [6, 6.07) is 5.78. The average Bonchev–Trinajstić information content (AvgIpc) is 2.15. The molecule has 1 rings (SSSR count). The molecular weight excluding hydrogens is 242 g/mol. The second kappa shape index (κ2) is 4.60. The van der Waals surface area contributed by atoms with Crippen LogP contribution in [-0.4, -0.2) is 5.78 Å². The lowest BCUT2D eigenvalue weighted by molar-refractivity contribution is -0.116. The van der Waals surface area contributed by atoms with Gasteiger partial charge in [0.25, 0.3) is 0 Å². The Balaban J connectivity index is 3.08. The van der Waals surface area contributed by atoms with Crippen molar-refractivity contribution in [2.75, 3.05) is 5.73 Å². The molecule has 0 aliphatic carbocycles. The van der Waals surface area contributed by atoms with Gasteiger partial charge in [-0.15, -0.1) is 0 Å². The molecule has 2 N–H and O–H groups in total. The van der Waals surface area contributed by atoms with Crippen molar-refractivity contribution in [1.82, 2.24) is 0 Å². The van der Waals surface area contributed by atoms with Crippen LogP contribution in [0.2, 0.25) is 0 Å². The van der Waals surface area contributed by atoms with Crippen LogP contribution in [0.1, 0.15) is 29.8 Å². The maximum Gasteiger partial charge on any atom is 0.147 e.